The van der Waals surface area contributed by atoms with Gasteiger partial charge in [-0.15, -0.1) is 0 Å². The second-order valence-electron chi connectivity index (χ2n) is 8.07. The van der Waals surface area contributed by atoms with Crippen molar-refractivity contribution in [2.75, 3.05) is 38.2 Å². The lowest BCUT2D eigenvalue weighted by atomic mass is 10.1. The molecule has 1 saturated heterocycles. The van der Waals surface area contributed by atoms with Crippen molar-refractivity contribution in [3.8, 4) is 5.75 Å². The maximum absolute atomic E-state index is 13.0. The first-order valence-corrected chi connectivity index (χ1v) is 10.5. The molecule has 1 fully saturated rings. The van der Waals surface area contributed by atoms with Gasteiger partial charge in [-0.2, -0.15) is 13.2 Å². The maximum atomic E-state index is 13.0. The van der Waals surface area contributed by atoms with Crippen LogP contribution in [0, 0.1) is 0 Å². The number of hydrogen-bond donors (Lipinski definition) is 2. The van der Waals surface area contributed by atoms with E-state index in [1.54, 1.807) is 19.5 Å². The van der Waals surface area contributed by atoms with Gasteiger partial charge in [-0.25, -0.2) is 9.97 Å². The first kappa shape index (κ1) is 20.6. The smallest absolute Gasteiger partial charge is 0.416 e. The molecule has 1 aliphatic heterocycles. The van der Waals surface area contributed by atoms with E-state index in [9.17, 15) is 13.2 Å². The van der Waals surface area contributed by atoms with Crippen LogP contribution >= 0.6 is 0 Å². The molecule has 0 unspecified atom stereocenters. The number of piperazine rings is 1. The molecular formula is C23H23F3N5O+. The van der Waals surface area contributed by atoms with Gasteiger partial charge in [0, 0.05) is 17.0 Å². The van der Waals surface area contributed by atoms with Crippen molar-refractivity contribution in [1.82, 2.24) is 15.0 Å². The third kappa shape index (κ3) is 3.84. The van der Waals surface area contributed by atoms with Crippen LogP contribution < -0.4 is 14.5 Å². The van der Waals surface area contributed by atoms with Gasteiger partial charge < -0.3 is 19.5 Å². The first-order chi connectivity index (χ1) is 15.4. The number of halogens is 3. The molecule has 0 saturated carbocycles. The van der Waals surface area contributed by atoms with E-state index >= 15 is 0 Å². The number of methoxy groups -OCH3 is 1. The summed E-state index contributed by atoms with van der Waals surface area (Å²) in [6.45, 7) is 3.73. The first-order valence-electron chi connectivity index (χ1n) is 10.5. The van der Waals surface area contributed by atoms with Crippen LogP contribution in [0.2, 0.25) is 0 Å². The third-order valence-electron chi connectivity index (χ3n) is 6.05. The van der Waals surface area contributed by atoms with E-state index in [1.165, 1.54) is 17.0 Å². The van der Waals surface area contributed by atoms with Crippen molar-refractivity contribution in [3.05, 3.63) is 59.9 Å². The molecule has 5 rings (SSSR count). The molecule has 0 spiro atoms. The van der Waals surface area contributed by atoms with Gasteiger partial charge in [0.05, 0.1) is 44.4 Å². The molecule has 0 aliphatic carbocycles. The maximum Gasteiger partial charge on any atom is 0.416 e. The zero-order valence-electron chi connectivity index (χ0n) is 17.5. The van der Waals surface area contributed by atoms with Crippen LogP contribution in [0.25, 0.3) is 21.9 Å². The topological polar surface area (TPSA) is 58.5 Å². The number of nitrogens with zero attached hydrogens (tertiary/aromatic N) is 3. The molecule has 0 amide bonds. The predicted octanol–water partition coefficient (Wildman–Crippen LogP) is 3.04. The van der Waals surface area contributed by atoms with Crippen LogP contribution in [-0.4, -0.2) is 48.2 Å². The van der Waals surface area contributed by atoms with Gasteiger partial charge in [0.1, 0.15) is 29.7 Å². The highest BCUT2D eigenvalue weighted by molar-refractivity contribution is 6.08. The molecule has 166 valence electrons. The zero-order valence-corrected chi connectivity index (χ0v) is 17.5. The number of aromatic nitrogens is 3. The lowest BCUT2D eigenvalue weighted by Crippen LogP contribution is -3.13. The summed E-state index contributed by atoms with van der Waals surface area (Å²) >= 11 is 0. The number of nitrogens with one attached hydrogen (secondary N) is 2. The van der Waals surface area contributed by atoms with E-state index in [2.05, 4.69) is 19.9 Å². The molecule has 9 heteroatoms. The van der Waals surface area contributed by atoms with Crippen LogP contribution in [0.3, 0.4) is 0 Å². The second-order valence-corrected chi connectivity index (χ2v) is 8.07. The van der Waals surface area contributed by atoms with Gasteiger partial charge in [0.15, 0.2) is 5.82 Å². The van der Waals surface area contributed by atoms with Crippen molar-refractivity contribution in [3.63, 3.8) is 0 Å². The van der Waals surface area contributed by atoms with Crippen molar-refractivity contribution in [2.45, 2.75) is 12.7 Å². The Morgan fingerprint density at radius 1 is 1.09 bits per heavy atom. The zero-order chi connectivity index (χ0) is 22.3. The van der Waals surface area contributed by atoms with Crippen molar-refractivity contribution < 1.29 is 22.8 Å². The Morgan fingerprint density at radius 2 is 1.91 bits per heavy atom. The lowest BCUT2D eigenvalue weighted by Gasteiger charge is -2.33. The molecule has 0 radical (unpaired) electrons. The van der Waals surface area contributed by atoms with Crippen molar-refractivity contribution in [2.24, 2.45) is 0 Å². The molecule has 0 bridgehead atoms. The fourth-order valence-electron chi connectivity index (χ4n) is 4.39. The fourth-order valence-corrected chi connectivity index (χ4v) is 4.39. The molecule has 4 aromatic rings. The SMILES string of the molecule is COc1ccc2c(c1)[nH]c1c(N3CC[NH+](Cc4cccc(C(F)(F)F)c4)CC3)ncnc12. The number of anilines is 1. The average Bonchev–Trinajstić information content (AvgIpc) is 3.17. The van der Waals surface area contributed by atoms with Crippen LogP contribution in [0.4, 0.5) is 19.0 Å². The highest BCUT2D eigenvalue weighted by Gasteiger charge is 2.31. The van der Waals surface area contributed by atoms with Crippen LogP contribution in [0.5, 0.6) is 5.75 Å². The highest BCUT2D eigenvalue weighted by atomic mass is 19.4. The van der Waals surface area contributed by atoms with E-state index < -0.39 is 11.7 Å². The fraction of sp³-hybridized carbons (Fsp3) is 0.304. The molecule has 2 aromatic carbocycles. The number of H-pyrrole nitrogens is 1. The van der Waals surface area contributed by atoms with Gasteiger partial charge in [-0.3, -0.25) is 0 Å². The number of alkyl halides is 3. The molecule has 0 atom stereocenters. The summed E-state index contributed by atoms with van der Waals surface area (Å²) < 4.78 is 44.3. The number of rotatable bonds is 4. The van der Waals surface area contributed by atoms with E-state index in [1.807, 2.05) is 18.2 Å². The van der Waals surface area contributed by atoms with E-state index in [0.717, 1.165) is 65.7 Å². The molecule has 32 heavy (non-hydrogen) atoms. The Morgan fingerprint density at radius 3 is 2.66 bits per heavy atom. The van der Waals surface area contributed by atoms with Crippen molar-refractivity contribution >= 4 is 27.8 Å². The predicted molar refractivity (Wildman–Crippen MR) is 116 cm³/mol. The van der Waals surface area contributed by atoms with Crippen LogP contribution in [0.15, 0.2) is 48.8 Å². The molecular weight excluding hydrogens is 419 g/mol. The number of aromatic amines is 1. The number of fused-ring (bicyclic) bond motifs is 3. The summed E-state index contributed by atoms with van der Waals surface area (Å²) in [7, 11) is 1.64. The number of hydrogen-bond acceptors (Lipinski definition) is 4. The summed E-state index contributed by atoms with van der Waals surface area (Å²) in [6.07, 6.45) is -2.73. The molecule has 6 nitrogen and oxygen atoms in total. The van der Waals surface area contributed by atoms with E-state index in [-0.39, 0.29) is 0 Å². The van der Waals surface area contributed by atoms with Crippen molar-refractivity contribution in [1.29, 1.82) is 0 Å². The van der Waals surface area contributed by atoms with Crippen LogP contribution in [-0.2, 0) is 12.7 Å². The minimum absolute atomic E-state index is 0.573. The molecule has 2 N–H and O–H groups in total. The summed E-state index contributed by atoms with van der Waals surface area (Å²) in [4.78, 5) is 15.9. The number of ether oxygens (including phenoxy) is 1. The van der Waals surface area contributed by atoms with E-state index in [4.69, 9.17) is 4.74 Å². The van der Waals surface area contributed by atoms with E-state index in [0.29, 0.717) is 12.1 Å². The molecule has 1 aliphatic rings. The Kier molecular flexibility index (Phi) is 5.13. The average molecular weight is 442 g/mol. The minimum atomic E-state index is -4.31. The normalized spacial score (nSPS) is 15.6. The van der Waals surface area contributed by atoms with Gasteiger partial charge in [-0.05, 0) is 24.3 Å². The Bertz CT molecular complexity index is 1260. The Hall–Kier alpha value is -3.33. The van der Waals surface area contributed by atoms with Gasteiger partial charge in [-0.1, -0.05) is 12.1 Å². The summed E-state index contributed by atoms with van der Waals surface area (Å²) in [6, 6.07) is 11.5. The minimum Gasteiger partial charge on any atom is -0.497 e. The largest absolute Gasteiger partial charge is 0.497 e. The highest BCUT2D eigenvalue weighted by Crippen LogP contribution is 2.31. The van der Waals surface area contributed by atoms with Gasteiger partial charge in [0.25, 0.3) is 0 Å². The Labute approximate surface area is 182 Å². The third-order valence-corrected chi connectivity index (χ3v) is 6.05. The van der Waals surface area contributed by atoms with Gasteiger partial charge in [0.2, 0.25) is 0 Å². The summed E-state index contributed by atoms with van der Waals surface area (Å²) in [5, 5.41) is 1.01. The standard InChI is InChI=1S/C23H22F3N5O/c1-32-17-5-6-18-19(12-17)29-21-20(18)27-14-28-22(21)31-9-7-30(8-10-31)13-15-3-2-4-16(11-15)23(24,25)26/h2-6,11-12,14,29H,7-10,13H2,1H3/p+1. The van der Waals surface area contributed by atoms with Crippen LogP contribution in [0.1, 0.15) is 11.1 Å². The monoisotopic (exact) mass is 442 g/mol. The Balaban J connectivity index is 1.33. The molecule has 2 aromatic heterocycles. The lowest BCUT2D eigenvalue weighted by molar-refractivity contribution is -0.914. The molecule has 3 heterocycles. The quantitative estimate of drug-likeness (QED) is 0.510. The summed E-state index contributed by atoms with van der Waals surface area (Å²) in [5.41, 5.74) is 2.81. The second kappa shape index (κ2) is 7.98. The number of quaternary nitrogens is 1. The van der Waals surface area contributed by atoms with Gasteiger partial charge >= 0.3 is 6.18 Å². The summed E-state index contributed by atoms with van der Waals surface area (Å²) in [5.74, 6) is 1.62. The number of benzene rings is 2.